The molecule has 2 aromatic heterocycles. The van der Waals surface area contributed by atoms with Crippen molar-refractivity contribution >= 4 is 32.6 Å². The predicted molar refractivity (Wildman–Crippen MR) is 147 cm³/mol. The molecule has 39 heavy (non-hydrogen) atoms. The average Bonchev–Trinajstić information content (AvgIpc) is 3.83. The Morgan fingerprint density at radius 1 is 1.08 bits per heavy atom. The maximum atomic E-state index is 13.4. The van der Waals surface area contributed by atoms with Crippen LogP contribution in [0.15, 0.2) is 41.5 Å². The zero-order valence-corrected chi connectivity index (χ0v) is 22.9. The van der Waals surface area contributed by atoms with Crippen molar-refractivity contribution in [3.63, 3.8) is 0 Å². The molecule has 0 bridgehead atoms. The summed E-state index contributed by atoms with van der Waals surface area (Å²) in [6.07, 6.45) is 13.4. The van der Waals surface area contributed by atoms with E-state index in [4.69, 9.17) is 14.0 Å². The van der Waals surface area contributed by atoms with Crippen LogP contribution in [0.2, 0.25) is 0 Å². The van der Waals surface area contributed by atoms with E-state index in [2.05, 4.69) is 5.32 Å². The monoisotopic (exact) mass is 554 g/mol. The number of fused-ring (bicyclic) bond motifs is 1. The number of aromatic nitrogens is 3. The third-order valence-electron chi connectivity index (χ3n) is 7.86. The first-order valence-corrected chi connectivity index (χ1v) is 15.6. The number of pyridine rings is 1. The lowest BCUT2D eigenvalue weighted by molar-refractivity contribution is 0.102. The molecule has 1 aromatic carbocycles. The lowest BCUT2D eigenvalue weighted by atomic mass is 9.84. The van der Waals surface area contributed by atoms with E-state index in [1.54, 1.807) is 22.9 Å². The molecule has 0 spiro atoms. The smallest absolute Gasteiger partial charge is 0.274 e. The average molecular weight is 555 g/mol. The van der Waals surface area contributed by atoms with Gasteiger partial charge in [-0.2, -0.15) is 13.5 Å². The van der Waals surface area contributed by atoms with Crippen molar-refractivity contribution in [2.24, 2.45) is 5.92 Å². The van der Waals surface area contributed by atoms with Crippen molar-refractivity contribution < 1.29 is 22.1 Å². The number of hydrogen-bond donors (Lipinski definition) is 1. The van der Waals surface area contributed by atoms with Gasteiger partial charge in [-0.15, -0.1) is 0 Å². The quantitative estimate of drug-likeness (QED) is 0.368. The number of benzene rings is 1. The van der Waals surface area contributed by atoms with E-state index in [1.165, 1.54) is 0 Å². The van der Waals surface area contributed by atoms with E-state index >= 15 is 0 Å². The van der Waals surface area contributed by atoms with Crippen molar-refractivity contribution in [2.45, 2.75) is 76.0 Å². The number of nitrogens with zero attached hydrogens (tertiary/aromatic N) is 3. The highest BCUT2D eigenvalue weighted by molar-refractivity contribution is 7.85. The van der Waals surface area contributed by atoms with Crippen LogP contribution >= 0.6 is 0 Å². The lowest BCUT2D eigenvalue weighted by Gasteiger charge is -2.28. The van der Waals surface area contributed by atoms with E-state index in [-0.39, 0.29) is 41.9 Å². The molecule has 3 saturated carbocycles. The van der Waals surface area contributed by atoms with Crippen molar-refractivity contribution in [1.82, 2.24) is 14.3 Å². The van der Waals surface area contributed by atoms with Gasteiger partial charge >= 0.3 is 0 Å². The molecule has 3 aromatic rings. The Bertz CT molecular complexity index is 1550. The van der Waals surface area contributed by atoms with Crippen LogP contribution in [0.25, 0.3) is 10.9 Å². The number of carbonyl (C=O) groups is 1. The fourth-order valence-corrected chi connectivity index (χ4v) is 5.80. The van der Waals surface area contributed by atoms with E-state index in [9.17, 15) is 18.0 Å². The van der Waals surface area contributed by atoms with Gasteiger partial charge in [0.2, 0.25) is 0 Å². The second kappa shape index (κ2) is 10.4. The van der Waals surface area contributed by atoms with Gasteiger partial charge in [0.15, 0.2) is 0 Å². The molecule has 2 heterocycles. The third-order valence-corrected chi connectivity index (χ3v) is 8.46. The number of ether oxygens (including phenoxy) is 1. The number of hydrogen-bond acceptors (Lipinski definition) is 7. The molecular weight excluding hydrogens is 520 g/mol. The minimum Gasteiger partial charge on any atom is -0.490 e. The molecule has 0 atom stereocenters. The van der Waals surface area contributed by atoms with E-state index in [1.807, 2.05) is 23.0 Å². The maximum Gasteiger partial charge on any atom is 0.274 e. The minimum atomic E-state index is -3.40. The maximum absolute atomic E-state index is 13.4. The molecule has 208 valence electrons. The van der Waals surface area contributed by atoms with Crippen LogP contribution in [0, 0.1) is 5.92 Å². The van der Waals surface area contributed by atoms with Gasteiger partial charge in [0.25, 0.3) is 21.6 Å². The summed E-state index contributed by atoms with van der Waals surface area (Å²) >= 11 is 0. The number of rotatable bonds is 10. The normalized spacial score (nSPS) is 21.7. The zero-order chi connectivity index (χ0) is 27.1. The molecule has 0 radical (unpaired) electrons. The number of carbonyl (C=O) groups excluding carboxylic acids is 1. The molecule has 0 saturated heterocycles. The summed E-state index contributed by atoms with van der Waals surface area (Å²) < 4.78 is 37.1. The third kappa shape index (κ3) is 6.19. The van der Waals surface area contributed by atoms with Gasteiger partial charge in [0.1, 0.15) is 11.4 Å². The molecule has 1 N–H and O–H groups in total. The predicted octanol–water partition coefficient (Wildman–Crippen LogP) is 4.42. The highest BCUT2D eigenvalue weighted by Gasteiger charge is 2.29. The minimum absolute atomic E-state index is 0.0989. The van der Waals surface area contributed by atoms with E-state index in [0.29, 0.717) is 17.2 Å². The SMILES string of the molecule is CS(=O)(=O)OCCC1CCC(n2cc3cc(C(=O)Nc4cccn(C5CC5)c4=O)c(OC4CC4)cc3n2)CC1. The first kappa shape index (κ1) is 26.1. The van der Waals surface area contributed by atoms with Crippen molar-refractivity contribution in [1.29, 1.82) is 0 Å². The Kier molecular flexibility index (Phi) is 6.96. The molecule has 10 nitrogen and oxygen atoms in total. The molecule has 1 amide bonds. The van der Waals surface area contributed by atoms with Gasteiger partial charge in [0, 0.05) is 29.9 Å². The zero-order valence-electron chi connectivity index (χ0n) is 22.0. The molecule has 0 unspecified atom stereocenters. The van der Waals surface area contributed by atoms with Crippen LogP contribution < -0.4 is 15.6 Å². The van der Waals surface area contributed by atoms with Gasteiger partial charge in [-0.1, -0.05) is 0 Å². The molecule has 3 aliphatic rings. The highest BCUT2D eigenvalue weighted by atomic mass is 32.2. The van der Waals surface area contributed by atoms with Crippen LogP contribution in [0.1, 0.15) is 80.2 Å². The van der Waals surface area contributed by atoms with Crippen LogP contribution in [-0.2, 0) is 14.3 Å². The molecule has 3 aliphatic carbocycles. The first-order chi connectivity index (χ1) is 18.7. The van der Waals surface area contributed by atoms with Gasteiger partial charge in [-0.05, 0) is 81.9 Å². The van der Waals surface area contributed by atoms with Crippen LogP contribution in [0.4, 0.5) is 5.69 Å². The molecule has 6 rings (SSSR count). The summed E-state index contributed by atoms with van der Waals surface area (Å²) in [5, 5.41) is 8.49. The largest absolute Gasteiger partial charge is 0.490 e. The van der Waals surface area contributed by atoms with Crippen LogP contribution in [-0.4, -0.2) is 47.6 Å². The molecule has 0 aliphatic heterocycles. The summed E-state index contributed by atoms with van der Waals surface area (Å²) in [5.74, 6) is 0.549. The van der Waals surface area contributed by atoms with Crippen LogP contribution in [0.3, 0.4) is 0 Å². The summed E-state index contributed by atoms with van der Waals surface area (Å²) in [4.78, 5) is 26.3. The molecular formula is C28H34N4O6S. The summed E-state index contributed by atoms with van der Waals surface area (Å²) in [6.45, 7) is 0.228. The number of anilines is 1. The number of amides is 1. The Morgan fingerprint density at radius 3 is 2.51 bits per heavy atom. The second-order valence-corrected chi connectivity index (χ2v) is 12.8. The van der Waals surface area contributed by atoms with Gasteiger partial charge < -0.3 is 14.6 Å². The van der Waals surface area contributed by atoms with Crippen molar-refractivity contribution in [2.75, 3.05) is 18.2 Å². The van der Waals surface area contributed by atoms with E-state index in [0.717, 1.165) is 74.9 Å². The van der Waals surface area contributed by atoms with Gasteiger partial charge in [-0.25, -0.2) is 0 Å². The van der Waals surface area contributed by atoms with Crippen LogP contribution in [0.5, 0.6) is 5.75 Å². The fraction of sp³-hybridized carbons (Fsp3) is 0.536. The van der Waals surface area contributed by atoms with Crippen molar-refractivity contribution in [3.8, 4) is 5.75 Å². The second-order valence-electron chi connectivity index (χ2n) is 11.1. The number of nitrogens with one attached hydrogen (secondary N) is 1. The first-order valence-electron chi connectivity index (χ1n) is 13.8. The Hall–Kier alpha value is -3.18. The molecule has 11 heteroatoms. The topological polar surface area (TPSA) is 122 Å². The summed E-state index contributed by atoms with van der Waals surface area (Å²) in [6, 6.07) is 7.53. The Morgan fingerprint density at radius 2 is 1.82 bits per heavy atom. The Labute approximate surface area is 227 Å². The fourth-order valence-electron chi connectivity index (χ4n) is 5.40. The lowest BCUT2D eigenvalue weighted by Crippen LogP contribution is -2.25. The highest BCUT2D eigenvalue weighted by Crippen LogP contribution is 2.37. The summed E-state index contributed by atoms with van der Waals surface area (Å²) in [7, 11) is -3.40. The Balaban J connectivity index is 1.19. The standard InChI is InChI=1S/C28H34N4O6S/c1-39(35,36)37-14-12-18-4-6-21(7-5-18)32-17-19-15-23(26(16-25(19)30-32)38-22-10-11-22)27(33)29-24-3-2-13-31(28(24)34)20-8-9-20/h2-3,13,15-18,20-22H,4-12,14H2,1H3,(H,29,33). The van der Waals surface area contributed by atoms with E-state index < -0.39 is 10.1 Å². The van der Waals surface area contributed by atoms with Gasteiger partial charge in [-0.3, -0.25) is 18.5 Å². The van der Waals surface area contributed by atoms with Crippen molar-refractivity contribution in [3.05, 3.63) is 52.6 Å². The van der Waals surface area contributed by atoms with Gasteiger partial charge in [0.05, 0.1) is 36.1 Å². The summed E-state index contributed by atoms with van der Waals surface area (Å²) in [5.41, 5.74) is 1.23. The molecule has 3 fully saturated rings.